The molecule has 2 heterocycles. The highest BCUT2D eigenvalue weighted by Crippen LogP contribution is 2.38. The van der Waals surface area contributed by atoms with Gasteiger partial charge in [-0.2, -0.15) is 0 Å². The molecule has 0 saturated carbocycles. The lowest BCUT2D eigenvalue weighted by Crippen LogP contribution is -3.14. The second kappa shape index (κ2) is 9.77. The van der Waals surface area contributed by atoms with Crippen LogP contribution in [-0.2, 0) is 11.3 Å². The van der Waals surface area contributed by atoms with Crippen LogP contribution in [0.4, 0.5) is 5.69 Å². The minimum Gasteiger partial charge on any atom is -0.493 e. The third-order valence-corrected chi connectivity index (χ3v) is 5.01. The Morgan fingerprint density at radius 1 is 1.33 bits per heavy atom. The molecular formula is C19H28N5O2S+. The van der Waals surface area contributed by atoms with Gasteiger partial charge in [-0.15, -0.1) is 10.2 Å². The number of para-hydroxylation sites is 1. The summed E-state index contributed by atoms with van der Waals surface area (Å²) < 4.78 is 7.23. The van der Waals surface area contributed by atoms with E-state index in [1.54, 1.807) is 4.90 Å². The van der Waals surface area contributed by atoms with Gasteiger partial charge in [-0.05, 0) is 24.7 Å². The predicted octanol–water partition coefficient (Wildman–Crippen LogP) is 2.02. The van der Waals surface area contributed by atoms with Gasteiger partial charge >= 0.3 is 0 Å². The minimum atomic E-state index is 0.139. The van der Waals surface area contributed by atoms with Crippen LogP contribution in [0.25, 0.3) is 10.9 Å². The van der Waals surface area contributed by atoms with Crippen molar-refractivity contribution in [1.29, 1.82) is 0 Å². The number of azo groups is 1. The van der Waals surface area contributed by atoms with E-state index in [1.807, 2.05) is 28.8 Å². The van der Waals surface area contributed by atoms with Gasteiger partial charge in [-0.3, -0.25) is 0 Å². The molecular weight excluding hydrogens is 362 g/mol. The summed E-state index contributed by atoms with van der Waals surface area (Å²) in [6.45, 7) is 8.53. The van der Waals surface area contributed by atoms with Crippen LogP contribution in [0, 0.1) is 0 Å². The Labute approximate surface area is 165 Å². The minimum absolute atomic E-state index is 0.139. The van der Waals surface area contributed by atoms with E-state index in [2.05, 4.69) is 22.5 Å². The number of aromatic nitrogens is 1. The summed E-state index contributed by atoms with van der Waals surface area (Å²) >= 11 is 5.26. The first-order valence-electron chi connectivity index (χ1n) is 9.61. The summed E-state index contributed by atoms with van der Waals surface area (Å²) in [4.78, 5) is 1.57. The molecule has 3 N–H and O–H groups in total. The molecule has 27 heavy (non-hydrogen) atoms. The average molecular weight is 391 g/mol. The fourth-order valence-electron chi connectivity index (χ4n) is 3.39. The standard InChI is InChI=1S/C19H27N5O2S/c1-2-9-24-16-7-4-3-6-15(16)17(18(24)25)21-22-19(27)20-8-5-10-23-11-13-26-14-12-23/h3-4,6-7,25H,2,5,8-14H2,1H3,(H,20,27)/p+1. The number of nitrogens with zero attached hydrogens (tertiary/aromatic N) is 3. The molecule has 1 aliphatic heterocycles. The van der Waals surface area contributed by atoms with Crippen molar-refractivity contribution >= 4 is 33.9 Å². The maximum Gasteiger partial charge on any atom is 0.220 e. The number of thiocarbonyl (C=S) groups is 1. The topological polar surface area (TPSA) is 75.6 Å². The van der Waals surface area contributed by atoms with Gasteiger partial charge in [-0.1, -0.05) is 25.1 Å². The van der Waals surface area contributed by atoms with Crippen LogP contribution in [0.1, 0.15) is 19.8 Å². The molecule has 0 spiro atoms. The lowest BCUT2D eigenvalue weighted by Gasteiger charge is -2.23. The molecule has 0 amide bonds. The number of quaternary nitrogens is 1. The van der Waals surface area contributed by atoms with Crippen molar-refractivity contribution < 1.29 is 14.7 Å². The molecule has 1 aliphatic rings. The molecule has 8 heteroatoms. The summed E-state index contributed by atoms with van der Waals surface area (Å²) in [5, 5.41) is 23.2. The van der Waals surface area contributed by atoms with Gasteiger partial charge in [-0.25, -0.2) is 0 Å². The molecule has 0 unspecified atom stereocenters. The summed E-state index contributed by atoms with van der Waals surface area (Å²) in [7, 11) is 0. The molecule has 0 aliphatic carbocycles. The highest BCUT2D eigenvalue weighted by Gasteiger charge is 2.16. The Bertz CT molecular complexity index is 799. The van der Waals surface area contributed by atoms with Crippen molar-refractivity contribution in [3.8, 4) is 5.88 Å². The van der Waals surface area contributed by atoms with Crippen LogP contribution < -0.4 is 10.2 Å². The van der Waals surface area contributed by atoms with Crippen molar-refractivity contribution in [2.75, 3.05) is 39.4 Å². The van der Waals surface area contributed by atoms with E-state index in [0.29, 0.717) is 10.8 Å². The number of nitrogens with one attached hydrogen (secondary N) is 2. The average Bonchev–Trinajstić information content (AvgIpc) is 2.96. The van der Waals surface area contributed by atoms with E-state index in [-0.39, 0.29) is 5.88 Å². The maximum atomic E-state index is 10.5. The molecule has 0 radical (unpaired) electrons. The number of benzene rings is 1. The molecule has 2 aromatic rings. The number of ether oxygens (including phenoxy) is 1. The van der Waals surface area contributed by atoms with E-state index in [0.717, 1.165) is 69.7 Å². The second-order valence-electron chi connectivity index (χ2n) is 6.74. The highest BCUT2D eigenvalue weighted by molar-refractivity contribution is 7.80. The highest BCUT2D eigenvalue weighted by atomic mass is 32.1. The van der Waals surface area contributed by atoms with Crippen LogP contribution in [0.3, 0.4) is 0 Å². The number of hydrogen-bond donors (Lipinski definition) is 3. The first kappa shape index (κ1) is 19.7. The number of aryl methyl sites for hydroxylation is 1. The van der Waals surface area contributed by atoms with Gasteiger partial charge < -0.3 is 24.6 Å². The smallest absolute Gasteiger partial charge is 0.220 e. The van der Waals surface area contributed by atoms with E-state index in [1.165, 1.54) is 0 Å². The van der Waals surface area contributed by atoms with Crippen LogP contribution >= 0.6 is 12.2 Å². The first-order valence-corrected chi connectivity index (χ1v) is 10.0. The molecule has 1 aromatic heterocycles. The van der Waals surface area contributed by atoms with Gasteiger partial charge in [0.15, 0.2) is 5.69 Å². The molecule has 3 rings (SSSR count). The van der Waals surface area contributed by atoms with Crippen LogP contribution in [0.5, 0.6) is 5.88 Å². The number of hydrogen-bond acceptors (Lipinski definition) is 4. The van der Waals surface area contributed by atoms with Crippen molar-refractivity contribution in [3.63, 3.8) is 0 Å². The quantitative estimate of drug-likeness (QED) is 0.384. The zero-order valence-corrected chi connectivity index (χ0v) is 16.6. The second-order valence-corrected chi connectivity index (χ2v) is 7.13. The molecule has 1 fully saturated rings. The largest absolute Gasteiger partial charge is 0.493 e. The SMILES string of the molecule is CCCn1c(O)c(N=NC(=S)NCCC[NH+]2CCOCC2)c2ccccc21. The maximum absolute atomic E-state index is 10.5. The van der Waals surface area contributed by atoms with Gasteiger partial charge in [0.05, 0.1) is 25.3 Å². The monoisotopic (exact) mass is 390 g/mol. The van der Waals surface area contributed by atoms with Crippen LogP contribution in [0.2, 0.25) is 0 Å². The lowest BCUT2D eigenvalue weighted by atomic mass is 10.2. The van der Waals surface area contributed by atoms with Crippen LogP contribution in [-0.4, -0.2) is 54.2 Å². The normalized spacial score (nSPS) is 15.6. The Hall–Kier alpha value is -2.03. The van der Waals surface area contributed by atoms with Crippen LogP contribution in [0.15, 0.2) is 34.5 Å². The summed E-state index contributed by atoms with van der Waals surface area (Å²) in [6.07, 6.45) is 1.94. The van der Waals surface area contributed by atoms with E-state index >= 15 is 0 Å². The van der Waals surface area contributed by atoms with Gasteiger partial charge in [0.25, 0.3) is 0 Å². The van der Waals surface area contributed by atoms with Gasteiger partial charge in [0, 0.05) is 24.9 Å². The third-order valence-electron chi connectivity index (χ3n) is 4.79. The van der Waals surface area contributed by atoms with Crippen molar-refractivity contribution in [2.45, 2.75) is 26.3 Å². The molecule has 146 valence electrons. The Kier molecular flexibility index (Phi) is 7.14. The third kappa shape index (κ3) is 5.03. The molecule has 0 atom stereocenters. The zero-order chi connectivity index (χ0) is 19.1. The van der Waals surface area contributed by atoms with E-state index < -0.39 is 0 Å². The van der Waals surface area contributed by atoms with Gasteiger partial charge in [0.2, 0.25) is 11.0 Å². The summed E-state index contributed by atoms with van der Waals surface area (Å²) in [6, 6.07) is 7.81. The summed E-state index contributed by atoms with van der Waals surface area (Å²) in [5.41, 5.74) is 1.43. The Morgan fingerprint density at radius 2 is 2.11 bits per heavy atom. The number of fused-ring (bicyclic) bond motifs is 1. The Balaban J connectivity index is 1.57. The molecule has 1 saturated heterocycles. The van der Waals surface area contributed by atoms with E-state index in [9.17, 15) is 5.11 Å². The van der Waals surface area contributed by atoms with Gasteiger partial charge in [0.1, 0.15) is 13.1 Å². The van der Waals surface area contributed by atoms with E-state index in [4.69, 9.17) is 17.0 Å². The lowest BCUT2D eigenvalue weighted by molar-refractivity contribution is -0.908. The molecule has 7 nitrogen and oxygen atoms in total. The van der Waals surface area contributed by atoms with Crippen molar-refractivity contribution in [3.05, 3.63) is 24.3 Å². The predicted molar refractivity (Wildman–Crippen MR) is 110 cm³/mol. The fraction of sp³-hybridized carbons (Fsp3) is 0.526. The fourth-order valence-corrected chi connectivity index (χ4v) is 3.54. The molecule has 0 bridgehead atoms. The Morgan fingerprint density at radius 3 is 2.89 bits per heavy atom. The first-order chi connectivity index (χ1) is 13.2. The molecule has 1 aromatic carbocycles. The number of rotatable bonds is 7. The number of aromatic hydroxyl groups is 1. The van der Waals surface area contributed by atoms with Crippen molar-refractivity contribution in [1.82, 2.24) is 9.88 Å². The van der Waals surface area contributed by atoms with Crippen molar-refractivity contribution in [2.24, 2.45) is 10.2 Å². The number of morpholine rings is 1. The zero-order valence-electron chi connectivity index (χ0n) is 15.8. The summed E-state index contributed by atoms with van der Waals surface area (Å²) in [5.74, 6) is 0.139.